The molecule has 0 fully saturated rings. The van der Waals surface area contributed by atoms with E-state index in [1.54, 1.807) is 37.6 Å². The predicted octanol–water partition coefficient (Wildman–Crippen LogP) is 1.78. The first-order valence-corrected chi connectivity index (χ1v) is 5.99. The number of carbonyl (C=O) groups is 1. The largest absolute Gasteiger partial charge is 0.497 e. The first kappa shape index (κ1) is 13.1. The number of benzene rings is 1. The molecular weight excluding hydrogens is 236 g/mol. The molecule has 1 aromatic rings. The highest BCUT2D eigenvalue weighted by molar-refractivity contribution is 8.07. The lowest BCUT2D eigenvalue weighted by atomic mass is 10.1. The quantitative estimate of drug-likeness (QED) is 0.651. The van der Waals surface area contributed by atoms with Crippen LogP contribution in [0, 0.1) is 11.3 Å². The van der Waals surface area contributed by atoms with Crippen LogP contribution in [0.5, 0.6) is 5.75 Å². The average Bonchev–Trinajstić information content (AvgIpc) is 2.35. The number of thioether (sulfide) groups is 1. The number of hydrogen-bond acceptors (Lipinski definition) is 4. The van der Waals surface area contributed by atoms with Gasteiger partial charge in [0.2, 0.25) is 0 Å². The third-order valence-electron chi connectivity index (χ3n) is 2.14. The van der Waals surface area contributed by atoms with Crippen molar-refractivity contribution in [2.75, 3.05) is 13.4 Å². The second-order valence-electron chi connectivity index (χ2n) is 3.11. The van der Waals surface area contributed by atoms with Gasteiger partial charge >= 0.3 is 0 Å². The number of amides is 1. The van der Waals surface area contributed by atoms with Crippen LogP contribution < -0.4 is 10.5 Å². The summed E-state index contributed by atoms with van der Waals surface area (Å²) in [5.74, 6) is -0.000506. The van der Waals surface area contributed by atoms with Crippen LogP contribution >= 0.6 is 11.8 Å². The van der Waals surface area contributed by atoms with E-state index in [4.69, 9.17) is 15.7 Å². The van der Waals surface area contributed by atoms with Crippen molar-refractivity contribution in [1.29, 1.82) is 5.26 Å². The number of hydrogen-bond donors (Lipinski definition) is 1. The van der Waals surface area contributed by atoms with Gasteiger partial charge in [-0.2, -0.15) is 5.26 Å². The number of nitrogens with zero attached hydrogens (tertiary/aromatic N) is 1. The second kappa shape index (κ2) is 5.97. The van der Waals surface area contributed by atoms with E-state index in [1.165, 1.54) is 11.8 Å². The Hall–Kier alpha value is -1.93. The molecule has 0 heterocycles. The number of rotatable bonds is 4. The summed E-state index contributed by atoms with van der Waals surface area (Å²) < 4.78 is 5.04. The van der Waals surface area contributed by atoms with Gasteiger partial charge in [0.05, 0.1) is 7.11 Å². The molecule has 0 atom stereocenters. The minimum absolute atomic E-state index is 0.0253. The fraction of sp³-hybridized carbons (Fsp3) is 0.167. The van der Waals surface area contributed by atoms with Crippen molar-refractivity contribution in [3.8, 4) is 11.8 Å². The first-order valence-electron chi connectivity index (χ1n) is 4.76. The Balaban J connectivity index is 3.26. The van der Waals surface area contributed by atoms with Crippen LogP contribution in [0.2, 0.25) is 0 Å². The van der Waals surface area contributed by atoms with Crippen LogP contribution in [-0.4, -0.2) is 19.3 Å². The van der Waals surface area contributed by atoms with Crippen LogP contribution in [0.3, 0.4) is 0 Å². The summed E-state index contributed by atoms with van der Waals surface area (Å²) in [6.07, 6.45) is 1.79. The minimum atomic E-state index is -0.715. The van der Waals surface area contributed by atoms with Gasteiger partial charge < -0.3 is 10.5 Å². The third-order valence-corrected chi connectivity index (χ3v) is 2.99. The Labute approximate surface area is 104 Å². The van der Waals surface area contributed by atoms with Crippen LogP contribution in [-0.2, 0) is 4.79 Å². The van der Waals surface area contributed by atoms with E-state index < -0.39 is 5.91 Å². The monoisotopic (exact) mass is 248 g/mol. The molecule has 0 unspecified atom stereocenters. The summed E-state index contributed by atoms with van der Waals surface area (Å²) >= 11 is 1.31. The summed E-state index contributed by atoms with van der Waals surface area (Å²) in [6, 6.07) is 8.93. The van der Waals surface area contributed by atoms with Gasteiger partial charge in [-0.1, -0.05) is 12.1 Å². The molecule has 0 aliphatic heterocycles. The predicted molar refractivity (Wildman–Crippen MR) is 68.2 cm³/mol. The van der Waals surface area contributed by atoms with Gasteiger partial charge in [-0.3, -0.25) is 4.79 Å². The molecule has 1 amide bonds. The molecule has 0 aromatic heterocycles. The van der Waals surface area contributed by atoms with Crippen LogP contribution in [0.1, 0.15) is 5.56 Å². The zero-order valence-corrected chi connectivity index (χ0v) is 10.4. The van der Waals surface area contributed by atoms with Gasteiger partial charge in [-0.15, -0.1) is 11.8 Å². The summed E-state index contributed by atoms with van der Waals surface area (Å²) in [6.45, 7) is 0. The molecule has 0 bridgehead atoms. The smallest absolute Gasteiger partial charge is 0.260 e. The van der Waals surface area contributed by atoms with Crippen molar-refractivity contribution in [2.45, 2.75) is 0 Å². The minimum Gasteiger partial charge on any atom is -0.497 e. The normalized spacial score (nSPS) is 11.4. The van der Waals surface area contributed by atoms with E-state index in [2.05, 4.69) is 0 Å². The van der Waals surface area contributed by atoms with E-state index in [0.29, 0.717) is 10.7 Å². The molecule has 0 radical (unpaired) electrons. The van der Waals surface area contributed by atoms with Crippen molar-refractivity contribution >= 4 is 22.6 Å². The molecule has 88 valence electrons. The SMILES string of the molecule is COc1ccc(/C(SC)=C(/C#N)C(N)=O)cc1. The zero-order valence-electron chi connectivity index (χ0n) is 9.56. The zero-order chi connectivity index (χ0) is 12.8. The summed E-state index contributed by atoms with van der Waals surface area (Å²) in [5, 5.41) is 8.91. The molecule has 0 saturated heterocycles. The van der Waals surface area contributed by atoms with Crippen LogP contribution in [0.25, 0.3) is 4.91 Å². The fourth-order valence-electron chi connectivity index (χ4n) is 1.32. The molecule has 17 heavy (non-hydrogen) atoms. The van der Waals surface area contributed by atoms with Crippen LogP contribution in [0.15, 0.2) is 29.8 Å². The molecule has 0 aliphatic carbocycles. The van der Waals surface area contributed by atoms with Crippen molar-refractivity contribution in [3.63, 3.8) is 0 Å². The summed E-state index contributed by atoms with van der Waals surface area (Å²) in [7, 11) is 1.57. The Morgan fingerprint density at radius 2 is 2.00 bits per heavy atom. The summed E-state index contributed by atoms with van der Waals surface area (Å²) in [4.78, 5) is 11.7. The van der Waals surface area contributed by atoms with Gasteiger partial charge in [-0.05, 0) is 24.0 Å². The maximum absolute atomic E-state index is 11.1. The number of nitriles is 1. The lowest BCUT2D eigenvalue weighted by Gasteiger charge is -2.07. The summed E-state index contributed by atoms with van der Waals surface area (Å²) in [5.41, 5.74) is 5.91. The van der Waals surface area contributed by atoms with Gasteiger partial charge in [-0.25, -0.2) is 0 Å². The van der Waals surface area contributed by atoms with E-state index in [0.717, 1.165) is 5.56 Å². The molecule has 2 N–H and O–H groups in total. The second-order valence-corrected chi connectivity index (χ2v) is 3.93. The molecule has 1 rings (SSSR count). The topological polar surface area (TPSA) is 76.1 Å². The molecule has 0 spiro atoms. The first-order chi connectivity index (χ1) is 8.13. The van der Waals surface area contributed by atoms with Gasteiger partial charge in [0.1, 0.15) is 17.4 Å². The van der Waals surface area contributed by atoms with Gasteiger partial charge in [0.15, 0.2) is 0 Å². The van der Waals surface area contributed by atoms with Gasteiger partial charge in [0.25, 0.3) is 5.91 Å². The lowest BCUT2D eigenvalue weighted by Crippen LogP contribution is -2.14. The number of nitrogens with two attached hydrogens (primary N) is 1. The van der Waals surface area contributed by atoms with Crippen molar-refractivity contribution in [3.05, 3.63) is 35.4 Å². The Kier molecular flexibility index (Phi) is 4.61. The van der Waals surface area contributed by atoms with Gasteiger partial charge in [0, 0.05) is 4.91 Å². The number of primary amides is 1. The van der Waals surface area contributed by atoms with Crippen LogP contribution in [0.4, 0.5) is 0 Å². The lowest BCUT2D eigenvalue weighted by molar-refractivity contribution is -0.114. The van der Waals surface area contributed by atoms with Crippen molar-refractivity contribution in [2.24, 2.45) is 5.73 Å². The highest BCUT2D eigenvalue weighted by Gasteiger charge is 2.13. The Morgan fingerprint density at radius 1 is 1.41 bits per heavy atom. The number of ether oxygens (including phenoxy) is 1. The van der Waals surface area contributed by atoms with E-state index in [9.17, 15) is 4.79 Å². The van der Waals surface area contributed by atoms with Crippen molar-refractivity contribution in [1.82, 2.24) is 0 Å². The molecular formula is C12H12N2O2S. The van der Waals surface area contributed by atoms with Crippen molar-refractivity contribution < 1.29 is 9.53 Å². The molecule has 0 aliphatic rings. The maximum Gasteiger partial charge on any atom is 0.260 e. The average molecular weight is 248 g/mol. The molecule has 4 nitrogen and oxygen atoms in total. The highest BCUT2D eigenvalue weighted by atomic mass is 32.2. The molecule has 1 aromatic carbocycles. The Morgan fingerprint density at radius 3 is 2.35 bits per heavy atom. The Bertz CT molecular complexity index is 486. The number of carbonyl (C=O) groups excluding carboxylic acids is 1. The fourth-order valence-corrected chi connectivity index (χ4v) is 2.05. The molecule has 5 heteroatoms. The number of methoxy groups -OCH3 is 1. The third kappa shape index (κ3) is 3.02. The van der Waals surface area contributed by atoms with E-state index in [1.807, 2.05) is 6.07 Å². The maximum atomic E-state index is 11.1. The van der Waals surface area contributed by atoms with E-state index in [-0.39, 0.29) is 5.57 Å². The van der Waals surface area contributed by atoms with E-state index >= 15 is 0 Å². The standard InChI is InChI=1S/C12H12N2O2S/c1-16-9-5-3-8(4-6-9)11(17-2)10(7-13)12(14)15/h3-6H,1-2H3,(H2,14,15)/b11-10+. The highest BCUT2D eigenvalue weighted by Crippen LogP contribution is 2.29. The molecule has 0 saturated carbocycles.